The number of hydrogen-bond acceptors (Lipinski definition) is 5. The van der Waals surface area contributed by atoms with Crippen molar-refractivity contribution in [2.75, 3.05) is 13.2 Å². The van der Waals surface area contributed by atoms with Crippen molar-refractivity contribution in [3.8, 4) is 11.5 Å². The minimum atomic E-state index is -0.293. The van der Waals surface area contributed by atoms with E-state index in [0.29, 0.717) is 41.8 Å². The fourth-order valence-electron chi connectivity index (χ4n) is 2.50. The number of ether oxygens (including phenoxy) is 2. The molecule has 0 bridgehead atoms. The standard InChI is InChI=1S/C18H20N2O4/c1-11-9-15(13(3)24-11)18(21)20-19-12(2)14-5-6-16-17(10-14)23-8-4-7-22-16/h5-6,9-10H,4,7-8H2,1-3H3,(H,20,21)/b19-12-. The van der Waals surface area contributed by atoms with Crippen molar-refractivity contribution < 1.29 is 18.7 Å². The summed E-state index contributed by atoms with van der Waals surface area (Å²) in [4.78, 5) is 12.2. The van der Waals surface area contributed by atoms with Crippen molar-refractivity contribution in [1.29, 1.82) is 0 Å². The Kier molecular flexibility index (Phi) is 4.55. The summed E-state index contributed by atoms with van der Waals surface area (Å²) in [5, 5.41) is 4.17. The Bertz CT molecular complexity index is 792. The number of furan rings is 1. The minimum Gasteiger partial charge on any atom is -0.490 e. The number of carbonyl (C=O) groups is 1. The van der Waals surface area contributed by atoms with Crippen molar-refractivity contribution >= 4 is 11.6 Å². The monoisotopic (exact) mass is 328 g/mol. The number of fused-ring (bicyclic) bond motifs is 1. The minimum absolute atomic E-state index is 0.293. The van der Waals surface area contributed by atoms with Crippen LogP contribution in [-0.4, -0.2) is 24.8 Å². The molecule has 6 heteroatoms. The first kappa shape index (κ1) is 16.1. The van der Waals surface area contributed by atoms with E-state index in [1.54, 1.807) is 19.9 Å². The van der Waals surface area contributed by atoms with Gasteiger partial charge in [0.05, 0.1) is 24.5 Å². The Hall–Kier alpha value is -2.76. The van der Waals surface area contributed by atoms with Gasteiger partial charge in [0.15, 0.2) is 11.5 Å². The molecule has 0 saturated heterocycles. The highest BCUT2D eigenvalue weighted by Crippen LogP contribution is 2.30. The van der Waals surface area contributed by atoms with Crippen molar-refractivity contribution in [2.45, 2.75) is 27.2 Å². The van der Waals surface area contributed by atoms with E-state index in [-0.39, 0.29) is 5.91 Å². The average Bonchev–Trinajstić information content (AvgIpc) is 2.77. The van der Waals surface area contributed by atoms with Crippen LogP contribution in [0.5, 0.6) is 11.5 Å². The van der Waals surface area contributed by atoms with E-state index in [0.717, 1.165) is 17.7 Å². The Morgan fingerprint density at radius 3 is 2.58 bits per heavy atom. The molecule has 126 valence electrons. The van der Waals surface area contributed by atoms with Crippen LogP contribution in [0.25, 0.3) is 0 Å². The highest BCUT2D eigenvalue weighted by molar-refractivity contribution is 6.01. The molecule has 0 radical (unpaired) electrons. The number of hydrogen-bond donors (Lipinski definition) is 1. The van der Waals surface area contributed by atoms with Gasteiger partial charge in [-0.1, -0.05) is 0 Å². The first-order chi connectivity index (χ1) is 11.5. The van der Waals surface area contributed by atoms with E-state index in [9.17, 15) is 4.79 Å². The Morgan fingerprint density at radius 1 is 1.12 bits per heavy atom. The molecule has 1 aromatic heterocycles. The van der Waals surface area contributed by atoms with Gasteiger partial charge in [-0.2, -0.15) is 5.10 Å². The lowest BCUT2D eigenvalue weighted by Gasteiger charge is -2.09. The largest absolute Gasteiger partial charge is 0.490 e. The first-order valence-electron chi connectivity index (χ1n) is 7.86. The van der Waals surface area contributed by atoms with Gasteiger partial charge in [-0.3, -0.25) is 4.79 Å². The number of carbonyl (C=O) groups excluding carboxylic acids is 1. The first-order valence-corrected chi connectivity index (χ1v) is 7.86. The maximum Gasteiger partial charge on any atom is 0.274 e. The number of nitrogens with one attached hydrogen (secondary N) is 1. The topological polar surface area (TPSA) is 73.1 Å². The third-order valence-electron chi connectivity index (χ3n) is 3.78. The van der Waals surface area contributed by atoms with Gasteiger partial charge in [0.25, 0.3) is 5.91 Å². The van der Waals surface area contributed by atoms with Crippen LogP contribution < -0.4 is 14.9 Å². The molecule has 1 aliphatic rings. The van der Waals surface area contributed by atoms with E-state index in [1.807, 2.05) is 25.1 Å². The lowest BCUT2D eigenvalue weighted by Crippen LogP contribution is -2.19. The highest BCUT2D eigenvalue weighted by atomic mass is 16.5. The van der Waals surface area contributed by atoms with Gasteiger partial charge in [0.2, 0.25) is 0 Å². The maximum atomic E-state index is 12.2. The average molecular weight is 328 g/mol. The van der Waals surface area contributed by atoms with Crippen LogP contribution in [0, 0.1) is 13.8 Å². The molecule has 0 fully saturated rings. The summed E-state index contributed by atoms with van der Waals surface area (Å²) in [6.07, 6.45) is 0.858. The quantitative estimate of drug-likeness (QED) is 0.693. The summed E-state index contributed by atoms with van der Waals surface area (Å²) in [5.41, 5.74) is 4.59. The normalized spacial score (nSPS) is 14.2. The molecule has 0 saturated carbocycles. The fourth-order valence-corrected chi connectivity index (χ4v) is 2.50. The molecular formula is C18H20N2O4. The molecular weight excluding hydrogens is 308 g/mol. The predicted molar refractivity (Wildman–Crippen MR) is 89.9 cm³/mol. The third-order valence-corrected chi connectivity index (χ3v) is 3.78. The molecule has 1 aromatic carbocycles. The molecule has 1 aliphatic heterocycles. The summed E-state index contributed by atoms with van der Waals surface area (Å²) in [6, 6.07) is 7.33. The predicted octanol–water partition coefficient (Wildman–Crippen LogP) is 3.21. The number of aryl methyl sites for hydroxylation is 2. The van der Waals surface area contributed by atoms with E-state index in [2.05, 4.69) is 10.5 Å². The molecule has 0 aliphatic carbocycles. The lowest BCUT2D eigenvalue weighted by atomic mass is 10.1. The number of benzene rings is 1. The van der Waals surface area contributed by atoms with Gasteiger partial charge in [0.1, 0.15) is 11.5 Å². The second kappa shape index (κ2) is 6.78. The summed E-state index contributed by atoms with van der Waals surface area (Å²) in [5.74, 6) is 2.41. The van der Waals surface area contributed by atoms with Gasteiger partial charge >= 0.3 is 0 Å². The Balaban J connectivity index is 1.75. The fraction of sp³-hybridized carbons (Fsp3) is 0.333. The summed E-state index contributed by atoms with van der Waals surface area (Å²) >= 11 is 0. The number of hydrazone groups is 1. The van der Waals surface area contributed by atoms with Crippen LogP contribution in [0.15, 0.2) is 33.8 Å². The number of nitrogens with zero attached hydrogens (tertiary/aromatic N) is 1. The smallest absolute Gasteiger partial charge is 0.274 e. The summed E-state index contributed by atoms with van der Waals surface area (Å²) in [7, 11) is 0. The van der Waals surface area contributed by atoms with E-state index >= 15 is 0 Å². The van der Waals surface area contributed by atoms with Crippen molar-refractivity contribution in [2.24, 2.45) is 5.10 Å². The molecule has 2 heterocycles. The van der Waals surface area contributed by atoms with Crippen LogP contribution in [0.1, 0.15) is 40.8 Å². The van der Waals surface area contributed by atoms with Crippen LogP contribution in [-0.2, 0) is 0 Å². The second-order valence-corrected chi connectivity index (χ2v) is 5.68. The zero-order valence-electron chi connectivity index (χ0n) is 14.0. The van der Waals surface area contributed by atoms with E-state index in [4.69, 9.17) is 13.9 Å². The molecule has 1 amide bonds. The van der Waals surface area contributed by atoms with Crippen LogP contribution in [0.3, 0.4) is 0 Å². The molecule has 6 nitrogen and oxygen atoms in total. The van der Waals surface area contributed by atoms with E-state index in [1.165, 1.54) is 0 Å². The molecule has 0 atom stereocenters. The van der Waals surface area contributed by atoms with Gasteiger partial charge in [-0.15, -0.1) is 0 Å². The van der Waals surface area contributed by atoms with E-state index < -0.39 is 0 Å². The maximum absolute atomic E-state index is 12.2. The van der Waals surface area contributed by atoms with Gasteiger partial charge in [-0.25, -0.2) is 5.43 Å². The Labute approximate surface area is 140 Å². The van der Waals surface area contributed by atoms with Gasteiger partial charge in [-0.05, 0) is 45.0 Å². The number of rotatable bonds is 3. The zero-order valence-corrected chi connectivity index (χ0v) is 14.0. The van der Waals surface area contributed by atoms with Crippen LogP contribution in [0.2, 0.25) is 0 Å². The van der Waals surface area contributed by atoms with Crippen molar-refractivity contribution in [3.63, 3.8) is 0 Å². The summed E-state index contributed by atoms with van der Waals surface area (Å²) < 4.78 is 16.6. The zero-order chi connectivity index (χ0) is 17.1. The molecule has 0 unspecified atom stereocenters. The van der Waals surface area contributed by atoms with Crippen molar-refractivity contribution in [1.82, 2.24) is 5.43 Å². The Morgan fingerprint density at radius 2 is 1.88 bits per heavy atom. The molecule has 3 rings (SSSR count). The molecule has 1 N–H and O–H groups in total. The highest BCUT2D eigenvalue weighted by Gasteiger charge is 2.14. The third kappa shape index (κ3) is 3.42. The summed E-state index contributed by atoms with van der Waals surface area (Å²) in [6.45, 7) is 6.66. The molecule has 0 spiro atoms. The van der Waals surface area contributed by atoms with Gasteiger partial charge in [0, 0.05) is 12.0 Å². The lowest BCUT2D eigenvalue weighted by molar-refractivity contribution is 0.0953. The second-order valence-electron chi connectivity index (χ2n) is 5.68. The molecule has 2 aromatic rings. The SMILES string of the molecule is C/C(=N/NC(=O)c1cc(C)oc1C)c1ccc2c(c1)OCCCO2. The van der Waals surface area contributed by atoms with Crippen molar-refractivity contribution in [3.05, 3.63) is 46.9 Å². The van der Waals surface area contributed by atoms with Crippen LogP contribution >= 0.6 is 0 Å². The van der Waals surface area contributed by atoms with Crippen LogP contribution in [0.4, 0.5) is 0 Å². The number of amides is 1. The van der Waals surface area contributed by atoms with Gasteiger partial charge < -0.3 is 13.9 Å². The molecule has 24 heavy (non-hydrogen) atoms.